The molecule has 3 nitrogen and oxygen atoms in total. The summed E-state index contributed by atoms with van der Waals surface area (Å²) in [5.41, 5.74) is 5.90. The molecule has 1 aromatic carbocycles. The van der Waals surface area contributed by atoms with E-state index in [1.807, 2.05) is 38.1 Å². The van der Waals surface area contributed by atoms with Crippen LogP contribution < -0.4 is 0 Å². The average Bonchev–Trinajstić information content (AvgIpc) is 2.81. The molecule has 0 fully saturated rings. The maximum atomic E-state index is 6.61. The fraction of sp³-hybridized carbons (Fsp3) is 0.294. The van der Waals surface area contributed by atoms with Gasteiger partial charge in [-0.1, -0.05) is 48.3 Å². The standard InChI is InChI=1S/C17H17Cl2N3/c1-4-13-11(3)21-22-16(19)14(10(2)20-17(13)22)9-12-7-5-6-8-15(12)18/h5-8H,4,9H2,1-3H3. The summed E-state index contributed by atoms with van der Waals surface area (Å²) in [6, 6.07) is 7.79. The predicted octanol–water partition coefficient (Wildman–Crippen LogP) is 4.81. The van der Waals surface area contributed by atoms with Gasteiger partial charge < -0.3 is 0 Å². The Kier molecular flexibility index (Phi) is 4.11. The number of halogens is 2. The number of hydrogen-bond donors (Lipinski definition) is 0. The zero-order chi connectivity index (χ0) is 15.9. The van der Waals surface area contributed by atoms with Crippen molar-refractivity contribution in [2.75, 3.05) is 0 Å². The van der Waals surface area contributed by atoms with E-state index in [9.17, 15) is 0 Å². The maximum absolute atomic E-state index is 6.61. The Morgan fingerprint density at radius 1 is 1.05 bits per heavy atom. The van der Waals surface area contributed by atoms with E-state index in [0.29, 0.717) is 11.6 Å². The molecule has 3 aromatic rings. The van der Waals surface area contributed by atoms with Gasteiger partial charge in [0.2, 0.25) is 0 Å². The van der Waals surface area contributed by atoms with Gasteiger partial charge in [0, 0.05) is 28.3 Å². The molecule has 0 aliphatic carbocycles. The molecule has 2 heterocycles. The van der Waals surface area contributed by atoms with Crippen LogP contribution in [0.2, 0.25) is 10.2 Å². The summed E-state index contributed by atoms with van der Waals surface area (Å²) in [5.74, 6) is 0. The molecule has 0 unspecified atom stereocenters. The minimum absolute atomic E-state index is 0.616. The molecule has 5 heteroatoms. The van der Waals surface area contributed by atoms with Crippen LogP contribution in [0.4, 0.5) is 0 Å². The number of benzene rings is 1. The molecule has 0 amide bonds. The molecular weight excluding hydrogens is 317 g/mol. The first-order chi connectivity index (χ1) is 10.5. The third-order valence-corrected chi connectivity index (χ3v) is 4.74. The van der Waals surface area contributed by atoms with Crippen molar-refractivity contribution in [2.45, 2.75) is 33.6 Å². The van der Waals surface area contributed by atoms with Gasteiger partial charge in [0.25, 0.3) is 0 Å². The Hall–Kier alpha value is -1.58. The van der Waals surface area contributed by atoms with Gasteiger partial charge in [0.1, 0.15) is 5.15 Å². The van der Waals surface area contributed by atoms with Crippen molar-refractivity contribution in [2.24, 2.45) is 0 Å². The molecule has 0 radical (unpaired) electrons. The monoisotopic (exact) mass is 333 g/mol. The zero-order valence-corrected chi connectivity index (χ0v) is 14.3. The predicted molar refractivity (Wildman–Crippen MR) is 91.1 cm³/mol. The summed E-state index contributed by atoms with van der Waals surface area (Å²) in [4.78, 5) is 4.73. The zero-order valence-electron chi connectivity index (χ0n) is 12.8. The Morgan fingerprint density at radius 3 is 2.45 bits per heavy atom. The lowest BCUT2D eigenvalue weighted by atomic mass is 10.1. The molecule has 0 atom stereocenters. The molecule has 22 heavy (non-hydrogen) atoms. The molecular formula is C17H17Cl2N3. The minimum atomic E-state index is 0.616. The van der Waals surface area contributed by atoms with Gasteiger partial charge in [0.15, 0.2) is 5.65 Å². The normalized spacial score (nSPS) is 11.3. The Bertz CT molecular complexity index is 853. The second kappa shape index (κ2) is 5.90. The van der Waals surface area contributed by atoms with Crippen molar-refractivity contribution < 1.29 is 0 Å². The fourth-order valence-corrected chi connectivity index (χ4v) is 3.27. The summed E-state index contributed by atoms with van der Waals surface area (Å²) < 4.78 is 1.74. The largest absolute Gasteiger partial charge is 0.233 e. The van der Waals surface area contributed by atoms with E-state index in [0.717, 1.165) is 45.2 Å². The van der Waals surface area contributed by atoms with E-state index in [-0.39, 0.29) is 0 Å². The van der Waals surface area contributed by atoms with Gasteiger partial charge in [-0.2, -0.15) is 5.10 Å². The van der Waals surface area contributed by atoms with Crippen LogP contribution in [0.25, 0.3) is 5.65 Å². The van der Waals surface area contributed by atoms with Crippen LogP contribution in [0.15, 0.2) is 24.3 Å². The van der Waals surface area contributed by atoms with E-state index in [4.69, 9.17) is 28.2 Å². The van der Waals surface area contributed by atoms with Gasteiger partial charge in [-0.15, -0.1) is 0 Å². The van der Waals surface area contributed by atoms with E-state index >= 15 is 0 Å². The number of hydrogen-bond acceptors (Lipinski definition) is 2. The number of fused-ring (bicyclic) bond motifs is 1. The smallest absolute Gasteiger partial charge is 0.160 e. The van der Waals surface area contributed by atoms with Crippen molar-refractivity contribution in [3.8, 4) is 0 Å². The second-order valence-electron chi connectivity index (χ2n) is 5.39. The highest BCUT2D eigenvalue weighted by Crippen LogP contribution is 2.28. The fourth-order valence-electron chi connectivity index (χ4n) is 2.75. The third-order valence-electron chi connectivity index (χ3n) is 3.98. The van der Waals surface area contributed by atoms with Gasteiger partial charge in [-0.3, -0.25) is 0 Å². The number of aromatic nitrogens is 3. The molecule has 0 saturated carbocycles. The molecule has 3 rings (SSSR count). The van der Waals surface area contributed by atoms with Crippen LogP contribution in [0, 0.1) is 13.8 Å². The summed E-state index contributed by atoms with van der Waals surface area (Å²) in [5, 5.41) is 5.89. The summed E-state index contributed by atoms with van der Waals surface area (Å²) >= 11 is 12.9. The number of nitrogens with zero attached hydrogens (tertiary/aromatic N) is 3. The number of aryl methyl sites for hydroxylation is 3. The first kappa shape index (κ1) is 15.3. The van der Waals surface area contributed by atoms with E-state index in [1.54, 1.807) is 4.52 Å². The van der Waals surface area contributed by atoms with E-state index in [1.165, 1.54) is 0 Å². The van der Waals surface area contributed by atoms with Crippen molar-refractivity contribution in [1.82, 2.24) is 14.6 Å². The quantitative estimate of drug-likeness (QED) is 0.644. The first-order valence-electron chi connectivity index (χ1n) is 7.29. The lowest BCUT2D eigenvalue weighted by Gasteiger charge is -2.11. The van der Waals surface area contributed by atoms with Crippen LogP contribution >= 0.6 is 23.2 Å². The van der Waals surface area contributed by atoms with E-state index in [2.05, 4.69) is 12.0 Å². The molecule has 2 aromatic heterocycles. The van der Waals surface area contributed by atoms with Crippen LogP contribution in [0.1, 0.15) is 35.0 Å². The topological polar surface area (TPSA) is 30.2 Å². The van der Waals surface area contributed by atoms with Crippen molar-refractivity contribution in [3.63, 3.8) is 0 Å². The van der Waals surface area contributed by atoms with Crippen LogP contribution in [-0.2, 0) is 12.8 Å². The number of rotatable bonds is 3. The van der Waals surface area contributed by atoms with Gasteiger partial charge in [0.05, 0.1) is 5.69 Å². The van der Waals surface area contributed by atoms with Gasteiger partial charge >= 0.3 is 0 Å². The molecule has 114 valence electrons. The molecule has 0 bridgehead atoms. The highest BCUT2D eigenvalue weighted by atomic mass is 35.5. The van der Waals surface area contributed by atoms with E-state index < -0.39 is 0 Å². The molecule has 0 spiro atoms. The van der Waals surface area contributed by atoms with Crippen LogP contribution in [0.5, 0.6) is 0 Å². The average molecular weight is 334 g/mol. The minimum Gasteiger partial charge on any atom is -0.233 e. The van der Waals surface area contributed by atoms with Crippen molar-refractivity contribution in [3.05, 3.63) is 62.5 Å². The summed E-state index contributed by atoms with van der Waals surface area (Å²) in [6.45, 7) is 6.08. The van der Waals surface area contributed by atoms with Gasteiger partial charge in [-0.25, -0.2) is 9.50 Å². The molecule has 0 aliphatic rings. The van der Waals surface area contributed by atoms with Gasteiger partial charge in [-0.05, 0) is 31.9 Å². The summed E-state index contributed by atoms with van der Waals surface area (Å²) in [7, 11) is 0. The Balaban J connectivity index is 2.17. The van der Waals surface area contributed by atoms with Crippen molar-refractivity contribution >= 4 is 28.8 Å². The Labute approximate surface area is 139 Å². The SMILES string of the molecule is CCc1c(C)nn2c(Cl)c(Cc3ccccc3Cl)c(C)nc12. The second-order valence-corrected chi connectivity index (χ2v) is 6.15. The molecule has 0 aliphatic heterocycles. The lowest BCUT2D eigenvalue weighted by Crippen LogP contribution is -2.04. The highest BCUT2D eigenvalue weighted by molar-refractivity contribution is 6.31. The summed E-state index contributed by atoms with van der Waals surface area (Å²) in [6.07, 6.45) is 1.54. The lowest BCUT2D eigenvalue weighted by molar-refractivity contribution is 0.887. The van der Waals surface area contributed by atoms with Crippen molar-refractivity contribution in [1.29, 1.82) is 0 Å². The molecule has 0 saturated heterocycles. The third kappa shape index (κ3) is 2.49. The van der Waals surface area contributed by atoms with Crippen LogP contribution in [-0.4, -0.2) is 14.6 Å². The Morgan fingerprint density at radius 2 is 1.77 bits per heavy atom. The highest BCUT2D eigenvalue weighted by Gasteiger charge is 2.17. The van der Waals surface area contributed by atoms with Crippen LogP contribution in [0.3, 0.4) is 0 Å². The molecule has 0 N–H and O–H groups in total. The maximum Gasteiger partial charge on any atom is 0.160 e. The first-order valence-corrected chi connectivity index (χ1v) is 8.05.